The molecule has 132 valence electrons. The molecule has 0 aromatic rings. The predicted molar refractivity (Wildman–Crippen MR) is 98.6 cm³/mol. The molecule has 0 aliphatic heterocycles. The summed E-state index contributed by atoms with van der Waals surface area (Å²) in [6.07, 6.45) is 17.6. The minimum absolute atomic E-state index is 0.321. The summed E-state index contributed by atoms with van der Waals surface area (Å²) >= 11 is 4.89. The lowest BCUT2D eigenvalue weighted by Crippen LogP contribution is -2.00. The van der Waals surface area contributed by atoms with Crippen molar-refractivity contribution >= 4 is 25.6 Å². The number of carboxylic acids is 1. The lowest BCUT2D eigenvalue weighted by atomic mass is 10.0. The van der Waals surface area contributed by atoms with Crippen molar-refractivity contribution in [2.24, 2.45) is 0 Å². The average Bonchev–Trinajstić information content (AvgIpc) is 2.41. The van der Waals surface area contributed by atoms with Crippen LogP contribution >= 0.6 is 0 Å². The van der Waals surface area contributed by atoms with Gasteiger partial charge in [-0.1, -0.05) is 70.6 Å². The zero-order valence-corrected chi connectivity index (χ0v) is 15.8. The molecule has 0 saturated carbocycles. The molecule has 3 nitrogen and oxygen atoms in total. The first-order chi connectivity index (χ1) is 10.4. The molecule has 5 heteroatoms. The molecule has 0 spiro atoms. The second kappa shape index (κ2) is 14.4. The van der Waals surface area contributed by atoms with Gasteiger partial charge in [-0.2, -0.15) is 0 Å². The summed E-state index contributed by atoms with van der Waals surface area (Å²) in [6.45, 7) is 0. The third kappa shape index (κ3) is 19.8. The fourth-order valence-electron chi connectivity index (χ4n) is 2.59. The summed E-state index contributed by atoms with van der Waals surface area (Å²) < 4.78 is 11.3. The van der Waals surface area contributed by atoms with Gasteiger partial charge in [0.2, 0.25) is 0 Å². The Bertz CT molecular complexity index is 364. The van der Waals surface area contributed by atoms with E-state index in [-0.39, 0.29) is 0 Å². The van der Waals surface area contributed by atoms with Crippen molar-refractivity contribution in [3.63, 3.8) is 0 Å². The number of carbonyl (C=O) groups is 1. The summed E-state index contributed by atoms with van der Waals surface area (Å²) in [5.74, 6) is 0.0295. The highest BCUT2D eigenvalue weighted by Gasteiger charge is 1.98. The molecule has 1 N–H and O–H groups in total. The smallest absolute Gasteiger partial charge is 0.303 e. The van der Waals surface area contributed by atoms with Gasteiger partial charge in [0, 0.05) is 26.9 Å². The Labute approximate surface area is 141 Å². The second-order valence-electron chi connectivity index (χ2n) is 6.37. The maximum Gasteiger partial charge on any atom is 0.303 e. The van der Waals surface area contributed by atoms with Crippen LogP contribution in [-0.4, -0.2) is 27.3 Å². The van der Waals surface area contributed by atoms with E-state index in [2.05, 4.69) is 0 Å². The number of hydrogen-bond donors (Lipinski definition) is 1. The summed E-state index contributed by atoms with van der Waals surface area (Å²) in [5.41, 5.74) is 0. The van der Waals surface area contributed by atoms with Gasteiger partial charge in [0.05, 0.1) is 0 Å². The van der Waals surface area contributed by atoms with Gasteiger partial charge in [0.25, 0.3) is 0 Å². The van der Waals surface area contributed by atoms with Crippen LogP contribution in [0.4, 0.5) is 0 Å². The van der Waals surface area contributed by atoms with E-state index < -0.39 is 14.5 Å². The van der Waals surface area contributed by atoms with Crippen LogP contribution in [-0.2, 0) is 24.5 Å². The molecule has 0 aromatic carbocycles. The van der Waals surface area contributed by atoms with Gasteiger partial charge in [0.1, 0.15) is 0 Å². The van der Waals surface area contributed by atoms with Gasteiger partial charge in [0.15, 0.2) is 0 Å². The molecule has 0 aliphatic carbocycles. The molecule has 1 unspecified atom stereocenters. The quantitative estimate of drug-likeness (QED) is 0.402. The molecule has 0 rings (SSSR count). The number of rotatable bonds is 16. The molecule has 0 fully saturated rings. The fourth-order valence-corrected chi connectivity index (χ4v) is 3.67. The first kappa shape index (κ1) is 21.8. The third-order valence-corrected chi connectivity index (χ3v) is 5.44. The number of unbranched alkanes of at least 4 members (excludes halogenated alkanes) is 12. The Balaban J connectivity index is 3.07. The van der Waals surface area contributed by atoms with Gasteiger partial charge in [-0.25, -0.2) is 0 Å². The highest BCUT2D eigenvalue weighted by Crippen LogP contribution is 2.13. The molecule has 0 aromatic heterocycles. The van der Waals surface area contributed by atoms with Crippen molar-refractivity contribution < 1.29 is 14.1 Å². The molecule has 0 aliphatic rings. The lowest BCUT2D eigenvalue weighted by molar-refractivity contribution is -0.137. The van der Waals surface area contributed by atoms with Gasteiger partial charge < -0.3 is 5.11 Å². The van der Waals surface area contributed by atoms with Gasteiger partial charge >= 0.3 is 5.97 Å². The van der Waals surface area contributed by atoms with Crippen LogP contribution < -0.4 is 0 Å². The van der Waals surface area contributed by atoms with Crippen molar-refractivity contribution in [2.75, 3.05) is 12.0 Å². The van der Waals surface area contributed by atoms with E-state index in [1.165, 1.54) is 57.8 Å². The fraction of sp³-hybridized carbons (Fsp3) is 0.941. The molecule has 0 radical (unpaired) electrons. The molecule has 0 bridgehead atoms. The maximum atomic E-state index is 11.3. The molecule has 22 heavy (non-hydrogen) atoms. The largest absolute Gasteiger partial charge is 0.481 e. The van der Waals surface area contributed by atoms with Gasteiger partial charge in [-0.15, -0.1) is 0 Å². The van der Waals surface area contributed by atoms with Crippen LogP contribution in [0.15, 0.2) is 0 Å². The van der Waals surface area contributed by atoms with Crippen LogP contribution in [0.1, 0.15) is 89.9 Å². The van der Waals surface area contributed by atoms with Crippen molar-refractivity contribution in [2.45, 2.75) is 89.9 Å². The summed E-state index contributed by atoms with van der Waals surface area (Å²) in [7, 11) is -1.94. The minimum atomic E-state index is -1.94. The summed E-state index contributed by atoms with van der Waals surface area (Å²) in [5, 5.41) is 8.52. The first-order valence-corrected chi connectivity index (χ1v) is 11.9. The first-order valence-electron chi connectivity index (χ1n) is 8.81. The summed E-state index contributed by atoms with van der Waals surface area (Å²) in [6, 6.07) is 0. The Morgan fingerprint density at radius 3 is 1.41 bits per heavy atom. The van der Waals surface area contributed by atoms with Crippen molar-refractivity contribution in [3.8, 4) is 0 Å². The molecular formula is C17H34O3S2. The van der Waals surface area contributed by atoms with Crippen molar-refractivity contribution in [1.82, 2.24) is 0 Å². The normalized spacial score (nSPS) is 13.9. The Morgan fingerprint density at radius 1 is 0.773 bits per heavy atom. The van der Waals surface area contributed by atoms with Gasteiger partial charge in [-0.05, 0) is 24.0 Å². The Kier molecular flexibility index (Phi) is 14.3. The van der Waals surface area contributed by atoms with Crippen LogP contribution in [0.25, 0.3) is 0 Å². The highest BCUT2D eigenvalue weighted by molar-refractivity contribution is 8.32. The number of aliphatic carboxylic acids is 1. The van der Waals surface area contributed by atoms with E-state index in [9.17, 15) is 9.00 Å². The minimum Gasteiger partial charge on any atom is -0.481 e. The SMILES string of the molecule is CS(=O)(=S)CCCCCCCCCCCCCCCC(=O)O. The molecule has 1 atom stereocenters. The van der Waals surface area contributed by atoms with E-state index in [1.54, 1.807) is 6.26 Å². The van der Waals surface area contributed by atoms with Crippen LogP contribution in [0.3, 0.4) is 0 Å². The van der Waals surface area contributed by atoms with Crippen LogP contribution in [0.2, 0.25) is 0 Å². The number of hydrogen-bond acceptors (Lipinski definition) is 3. The Hall–Kier alpha value is -0.160. The zero-order chi connectivity index (χ0) is 16.7. The van der Waals surface area contributed by atoms with Crippen molar-refractivity contribution in [1.29, 1.82) is 0 Å². The molecule has 0 amide bonds. The van der Waals surface area contributed by atoms with E-state index in [0.29, 0.717) is 12.2 Å². The van der Waals surface area contributed by atoms with Crippen LogP contribution in [0.5, 0.6) is 0 Å². The molecule has 0 heterocycles. The third-order valence-electron chi connectivity index (χ3n) is 3.91. The van der Waals surface area contributed by atoms with E-state index in [4.69, 9.17) is 16.3 Å². The lowest BCUT2D eigenvalue weighted by Gasteiger charge is -2.03. The second-order valence-corrected chi connectivity index (χ2v) is 10.7. The molecular weight excluding hydrogens is 316 g/mol. The predicted octanol–water partition coefficient (Wildman–Crippen LogP) is 4.91. The maximum absolute atomic E-state index is 11.3. The van der Waals surface area contributed by atoms with Crippen LogP contribution in [0, 0.1) is 0 Å². The van der Waals surface area contributed by atoms with E-state index in [0.717, 1.165) is 25.7 Å². The highest BCUT2D eigenvalue weighted by atomic mass is 32.8. The zero-order valence-electron chi connectivity index (χ0n) is 14.2. The monoisotopic (exact) mass is 350 g/mol. The standard InChI is InChI=1S/C17H34O3S2/c1-22(20,21)16-14-12-10-8-6-4-2-3-5-7-9-11-13-15-17(18)19/h2-16H2,1H3,(H,18,19). The molecule has 0 saturated heterocycles. The van der Waals surface area contributed by atoms with Crippen molar-refractivity contribution in [3.05, 3.63) is 0 Å². The van der Waals surface area contributed by atoms with E-state index in [1.807, 2.05) is 0 Å². The average molecular weight is 351 g/mol. The number of carboxylic acid groups (broad SMARTS) is 1. The van der Waals surface area contributed by atoms with E-state index >= 15 is 0 Å². The summed E-state index contributed by atoms with van der Waals surface area (Å²) in [4.78, 5) is 10.3. The van der Waals surface area contributed by atoms with Gasteiger partial charge in [-0.3, -0.25) is 9.00 Å². The Morgan fingerprint density at radius 2 is 1.09 bits per heavy atom. The topological polar surface area (TPSA) is 54.4 Å².